The van der Waals surface area contributed by atoms with Crippen LogP contribution in [0.3, 0.4) is 0 Å². The van der Waals surface area contributed by atoms with Crippen molar-refractivity contribution in [3.8, 4) is 5.75 Å². The number of rotatable bonds is 4. The first-order valence-electron chi connectivity index (χ1n) is 9.57. The van der Waals surface area contributed by atoms with E-state index in [1.54, 1.807) is 13.2 Å². The zero-order valence-electron chi connectivity index (χ0n) is 16.4. The number of thiophene rings is 1. The molecule has 28 heavy (non-hydrogen) atoms. The van der Waals surface area contributed by atoms with Gasteiger partial charge in [-0.2, -0.15) is 0 Å². The number of carbonyl (C=O) groups is 2. The molecule has 0 saturated carbocycles. The lowest BCUT2D eigenvalue weighted by molar-refractivity contribution is -0.120. The summed E-state index contributed by atoms with van der Waals surface area (Å²) in [6.45, 7) is 5.73. The van der Waals surface area contributed by atoms with E-state index in [0.29, 0.717) is 28.6 Å². The number of hydrogen-bond acceptors (Lipinski definition) is 5. The molecule has 3 heterocycles. The molecule has 1 aromatic carbocycles. The Kier molecular flexibility index (Phi) is 4.98. The predicted octanol–water partition coefficient (Wildman–Crippen LogP) is 4.08. The van der Waals surface area contributed by atoms with Crippen molar-refractivity contribution >= 4 is 34.4 Å². The van der Waals surface area contributed by atoms with Gasteiger partial charge in [0, 0.05) is 18.0 Å². The van der Waals surface area contributed by atoms with E-state index in [4.69, 9.17) is 4.74 Å². The average molecular weight is 397 g/mol. The highest BCUT2D eigenvalue weighted by atomic mass is 32.1. The maximum absolute atomic E-state index is 13.6. The molecule has 0 radical (unpaired) electrons. The summed E-state index contributed by atoms with van der Waals surface area (Å²) in [7, 11) is 1.56. The van der Waals surface area contributed by atoms with Crippen molar-refractivity contribution in [3.05, 3.63) is 51.8 Å². The fourth-order valence-electron chi connectivity index (χ4n) is 4.04. The number of aryl methyl sites for hydroxylation is 1. The van der Waals surface area contributed by atoms with E-state index in [1.807, 2.05) is 36.6 Å². The predicted molar refractivity (Wildman–Crippen MR) is 111 cm³/mol. The number of imide groups is 1. The Morgan fingerprint density at radius 2 is 2.00 bits per heavy atom. The monoisotopic (exact) mass is 396 g/mol. The first kappa shape index (κ1) is 18.7. The molecule has 2 aliphatic heterocycles. The maximum Gasteiger partial charge on any atom is 0.282 e. The summed E-state index contributed by atoms with van der Waals surface area (Å²) in [5.74, 6) is 0.485. The van der Waals surface area contributed by atoms with Crippen LogP contribution in [0.4, 0.5) is 5.69 Å². The Morgan fingerprint density at radius 3 is 2.68 bits per heavy atom. The molecule has 1 atom stereocenters. The third-order valence-corrected chi connectivity index (χ3v) is 6.26. The van der Waals surface area contributed by atoms with Gasteiger partial charge >= 0.3 is 0 Å². The Balaban J connectivity index is 1.84. The number of hydrogen-bond donors (Lipinski definition) is 0. The van der Waals surface area contributed by atoms with Crippen LogP contribution in [0.15, 0.2) is 41.4 Å². The summed E-state index contributed by atoms with van der Waals surface area (Å²) >= 11 is 1.49. The Labute approximate surface area is 169 Å². The van der Waals surface area contributed by atoms with Gasteiger partial charge in [-0.15, -0.1) is 11.3 Å². The number of methoxy groups -OCH3 is 1. The fraction of sp³-hybridized carbons (Fsp3) is 0.364. The number of likely N-dealkylation sites (tertiary alicyclic amines) is 1. The summed E-state index contributed by atoms with van der Waals surface area (Å²) in [4.78, 5) is 31.3. The van der Waals surface area contributed by atoms with Crippen LogP contribution < -0.4 is 9.64 Å². The molecule has 0 aliphatic carbocycles. The van der Waals surface area contributed by atoms with Gasteiger partial charge in [0.2, 0.25) is 0 Å². The van der Waals surface area contributed by atoms with E-state index in [9.17, 15) is 9.59 Å². The minimum atomic E-state index is -0.274. The summed E-state index contributed by atoms with van der Waals surface area (Å²) < 4.78 is 5.46. The van der Waals surface area contributed by atoms with Gasteiger partial charge in [0.25, 0.3) is 11.8 Å². The van der Waals surface area contributed by atoms with Gasteiger partial charge in [-0.25, -0.2) is 4.90 Å². The first-order valence-corrected chi connectivity index (χ1v) is 10.5. The van der Waals surface area contributed by atoms with Gasteiger partial charge in [0.05, 0.1) is 18.4 Å². The number of ether oxygens (including phenoxy) is 1. The summed E-state index contributed by atoms with van der Waals surface area (Å²) in [5, 5.41) is 1.94. The van der Waals surface area contributed by atoms with E-state index in [0.717, 1.165) is 36.4 Å². The van der Waals surface area contributed by atoms with Crippen LogP contribution in [0.2, 0.25) is 0 Å². The van der Waals surface area contributed by atoms with Crippen LogP contribution in [0.25, 0.3) is 5.57 Å². The van der Waals surface area contributed by atoms with Gasteiger partial charge < -0.3 is 9.64 Å². The van der Waals surface area contributed by atoms with Crippen molar-refractivity contribution in [2.45, 2.75) is 26.7 Å². The molecule has 1 fully saturated rings. The fourth-order valence-corrected chi connectivity index (χ4v) is 4.80. The molecule has 146 valence electrons. The van der Waals surface area contributed by atoms with Gasteiger partial charge in [-0.05, 0) is 54.8 Å². The normalized spacial score (nSPS) is 20.3. The van der Waals surface area contributed by atoms with Gasteiger partial charge in [0.1, 0.15) is 11.4 Å². The Bertz CT molecular complexity index is 949. The molecule has 2 aliphatic rings. The largest absolute Gasteiger partial charge is 0.495 e. The number of benzene rings is 1. The molecule has 1 aromatic heterocycles. The zero-order valence-corrected chi connectivity index (χ0v) is 17.2. The summed E-state index contributed by atoms with van der Waals surface area (Å²) in [6, 6.07) is 9.38. The molecule has 2 aromatic rings. The number of amides is 2. The zero-order chi connectivity index (χ0) is 19.8. The maximum atomic E-state index is 13.6. The van der Waals surface area contributed by atoms with Crippen LogP contribution >= 0.6 is 11.3 Å². The lowest BCUT2D eigenvalue weighted by atomic mass is 9.99. The van der Waals surface area contributed by atoms with Gasteiger partial charge in [-0.1, -0.05) is 19.1 Å². The molecule has 6 heteroatoms. The minimum Gasteiger partial charge on any atom is -0.495 e. The molecule has 1 saturated heterocycles. The lowest BCUT2D eigenvalue weighted by Crippen LogP contribution is -2.39. The van der Waals surface area contributed by atoms with Crippen molar-refractivity contribution in [3.63, 3.8) is 0 Å². The topological polar surface area (TPSA) is 49.9 Å². The van der Waals surface area contributed by atoms with Gasteiger partial charge in [-0.3, -0.25) is 9.59 Å². The summed E-state index contributed by atoms with van der Waals surface area (Å²) in [5.41, 5.74) is 2.51. The van der Waals surface area contributed by atoms with Crippen LogP contribution in [0.1, 0.15) is 30.2 Å². The molecule has 0 spiro atoms. The van der Waals surface area contributed by atoms with E-state index in [2.05, 4.69) is 11.8 Å². The van der Waals surface area contributed by atoms with Crippen LogP contribution in [-0.4, -0.2) is 36.9 Å². The van der Waals surface area contributed by atoms with Crippen molar-refractivity contribution in [2.24, 2.45) is 5.92 Å². The van der Waals surface area contributed by atoms with E-state index in [1.165, 1.54) is 16.2 Å². The van der Waals surface area contributed by atoms with E-state index >= 15 is 0 Å². The van der Waals surface area contributed by atoms with Crippen LogP contribution in [-0.2, 0) is 9.59 Å². The highest BCUT2D eigenvalue weighted by Crippen LogP contribution is 2.40. The second-order valence-corrected chi connectivity index (χ2v) is 8.46. The van der Waals surface area contributed by atoms with Crippen molar-refractivity contribution in [1.29, 1.82) is 0 Å². The van der Waals surface area contributed by atoms with Crippen molar-refractivity contribution in [2.75, 3.05) is 25.1 Å². The first-order chi connectivity index (χ1) is 13.5. The second-order valence-electron chi connectivity index (χ2n) is 7.52. The number of nitrogens with zero attached hydrogens (tertiary/aromatic N) is 2. The molecule has 5 nitrogen and oxygen atoms in total. The lowest BCUT2D eigenvalue weighted by Gasteiger charge is -2.33. The Morgan fingerprint density at radius 1 is 1.18 bits per heavy atom. The quantitative estimate of drug-likeness (QED) is 0.731. The average Bonchev–Trinajstić information content (AvgIpc) is 3.28. The molecule has 4 rings (SSSR count). The molecule has 2 amide bonds. The van der Waals surface area contributed by atoms with E-state index < -0.39 is 0 Å². The number of piperidine rings is 1. The number of carbonyl (C=O) groups excluding carboxylic acids is 2. The molecular weight excluding hydrogens is 372 g/mol. The highest BCUT2D eigenvalue weighted by molar-refractivity contribution is 7.11. The standard InChI is InChI=1S/C22H24N2O3S/c1-14-8-9-17(27-3)16(12-14)24-21(25)19(18-7-5-11-28-18)20(22(24)26)23-10-4-6-15(2)13-23/h5,7-9,11-12,15H,4,6,10,13H2,1-3H3. The Hall–Kier alpha value is -2.60. The smallest absolute Gasteiger partial charge is 0.282 e. The van der Waals surface area contributed by atoms with E-state index in [-0.39, 0.29) is 11.8 Å². The molecular formula is C22H24N2O3S. The third kappa shape index (κ3) is 3.11. The molecule has 0 bridgehead atoms. The molecule has 1 unspecified atom stereocenters. The van der Waals surface area contributed by atoms with Crippen LogP contribution in [0, 0.1) is 12.8 Å². The second kappa shape index (κ2) is 7.43. The molecule has 0 N–H and O–H groups in total. The highest BCUT2D eigenvalue weighted by Gasteiger charge is 2.44. The van der Waals surface area contributed by atoms with Crippen LogP contribution in [0.5, 0.6) is 5.75 Å². The summed E-state index contributed by atoms with van der Waals surface area (Å²) in [6.07, 6.45) is 2.17. The minimum absolute atomic E-state index is 0.258. The van der Waals surface area contributed by atoms with Gasteiger partial charge in [0.15, 0.2) is 0 Å². The third-order valence-electron chi connectivity index (χ3n) is 5.38. The SMILES string of the molecule is COc1ccc(C)cc1N1C(=O)C(c2cccs2)=C(N2CCCC(C)C2)C1=O. The number of anilines is 1. The van der Waals surface area contributed by atoms with Crippen molar-refractivity contribution in [1.82, 2.24) is 4.90 Å². The van der Waals surface area contributed by atoms with Crippen molar-refractivity contribution < 1.29 is 14.3 Å².